The number of aliphatic imine (C=N–C) groups is 1. The highest BCUT2D eigenvalue weighted by Crippen LogP contribution is 2.52. The third-order valence-electron chi connectivity index (χ3n) is 6.37. The van der Waals surface area contributed by atoms with Crippen molar-refractivity contribution in [2.24, 2.45) is 4.99 Å². The zero-order valence-corrected chi connectivity index (χ0v) is 18.2. The molecule has 1 aliphatic carbocycles. The summed E-state index contributed by atoms with van der Waals surface area (Å²) in [7, 11) is 1.32. The molecule has 0 N–H and O–H groups in total. The second-order valence-corrected chi connectivity index (χ2v) is 8.68. The lowest BCUT2D eigenvalue weighted by Gasteiger charge is -2.34. The Morgan fingerprint density at radius 2 is 1.67 bits per heavy atom. The molecule has 0 fully saturated rings. The second kappa shape index (κ2) is 7.17. The largest absolute Gasteiger partial charge is 0.465 e. The van der Waals surface area contributed by atoms with Crippen LogP contribution in [0.1, 0.15) is 52.0 Å². The normalized spacial score (nSPS) is 16.0. The van der Waals surface area contributed by atoms with Gasteiger partial charge in [0.2, 0.25) is 0 Å². The minimum atomic E-state index is -4.45. The SMILES string of the molecule is COC(=O)c1ccc2c(c1)C(C)(C)C1=C(c3ccccc3)c3cc(C(F)(F)F)ccc3C1=N2. The first-order chi connectivity index (χ1) is 15.6. The molecule has 0 unspecified atom stereocenters. The first kappa shape index (κ1) is 21.2. The van der Waals surface area contributed by atoms with Crippen molar-refractivity contribution in [3.05, 3.63) is 106 Å². The third-order valence-corrected chi connectivity index (χ3v) is 6.37. The van der Waals surface area contributed by atoms with Crippen LogP contribution in [0.4, 0.5) is 18.9 Å². The number of fused-ring (bicyclic) bond motifs is 4. The predicted molar refractivity (Wildman–Crippen MR) is 121 cm³/mol. The van der Waals surface area contributed by atoms with E-state index in [1.807, 2.05) is 44.2 Å². The fraction of sp³-hybridized carbons (Fsp3) is 0.185. The van der Waals surface area contributed by atoms with Crippen LogP contribution in [0.3, 0.4) is 0 Å². The molecular weight excluding hydrogens is 427 g/mol. The van der Waals surface area contributed by atoms with Crippen LogP contribution >= 0.6 is 0 Å². The number of ether oxygens (including phenoxy) is 1. The van der Waals surface area contributed by atoms with Crippen LogP contribution in [0.25, 0.3) is 5.57 Å². The van der Waals surface area contributed by atoms with Crippen LogP contribution in [0.15, 0.2) is 77.3 Å². The number of carbonyl (C=O) groups excluding carboxylic acids is 1. The molecule has 3 nitrogen and oxygen atoms in total. The Kier molecular flexibility index (Phi) is 4.60. The number of methoxy groups -OCH3 is 1. The molecule has 1 aliphatic heterocycles. The van der Waals surface area contributed by atoms with E-state index in [9.17, 15) is 18.0 Å². The van der Waals surface area contributed by atoms with Gasteiger partial charge in [0.1, 0.15) is 0 Å². The van der Waals surface area contributed by atoms with Gasteiger partial charge in [-0.15, -0.1) is 0 Å². The van der Waals surface area contributed by atoms with Crippen LogP contribution in [-0.2, 0) is 16.3 Å². The van der Waals surface area contributed by atoms with E-state index in [2.05, 4.69) is 0 Å². The number of halogens is 3. The van der Waals surface area contributed by atoms with E-state index in [-0.39, 0.29) is 0 Å². The van der Waals surface area contributed by atoms with Gasteiger partial charge in [0.25, 0.3) is 0 Å². The number of hydrogen-bond donors (Lipinski definition) is 0. The van der Waals surface area contributed by atoms with Crippen molar-refractivity contribution in [3.63, 3.8) is 0 Å². The first-order valence-corrected chi connectivity index (χ1v) is 10.5. The number of carbonyl (C=O) groups is 1. The second-order valence-electron chi connectivity index (χ2n) is 8.68. The number of alkyl halides is 3. The van der Waals surface area contributed by atoms with Crippen molar-refractivity contribution in [2.75, 3.05) is 7.11 Å². The Balaban J connectivity index is 1.84. The van der Waals surface area contributed by atoms with Gasteiger partial charge in [0, 0.05) is 11.0 Å². The van der Waals surface area contributed by atoms with Crippen molar-refractivity contribution in [3.8, 4) is 0 Å². The lowest BCUT2D eigenvalue weighted by atomic mass is 9.71. The number of nitrogens with zero attached hydrogens (tertiary/aromatic N) is 1. The van der Waals surface area contributed by atoms with Crippen molar-refractivity contribution in [1.29, 1.82) is 0 Å². The summed E-state index contributed by atoms with van der Waals surface area (Å²) in [6, 6.07) is 18.4. The molecule has 0 aromatic heterocycles. The Hall–Kier alpha value is -3.67. The topological polar surface area (TPSA) is 38.7 Å². The smallest absolute Gasteiger partial charge is 0.416 e. The Morgan fingerprint density at radius 3 is 2.33 bits per heavy atom. The van der Waals surface area contributed by atoms with Crippen LogP contribution in [0.2, 0.25) is 0 Å². The summed E-state index contributed by atoms with van der Waals surface area (Å²) >= 11 is 0. The van der Waals surface area contributed by atoms with Crippen LogP contribution in [-0.4, -0.2) is 18.8 Å². The maximum atomic E-state index is 13.6. The van der Waals surface area contributed by atoms with Crippen molar-refractivity contribution < 1.29 is 22.7 Å². The summed E-state index contributed by atoms with van der Waals surface area (Å²) in [6.07, 6.45) is -4.45. The van der Waals surface area contributed by atoms with Crippen molar-refractivity contribution in [2.45, 2.75) is 25.4 Å². The molecule has 0 atom stereocenters. The van der Waals surface area contributed by atoms with E-state index in [1.54, 1.807) is 18.2 Å². The monoisotopic (exact) mass is 447 g/mol. The molecule has 0 spiro atoms. The van der Waals surface area contributed by atoms with E-state index < -0.39 is 23.1 Å². The number of hydrogen-bond acceptors (Lipinski definition) is 3. The van der Waals surface area contributed by atoms with Gasteiger partial charge in [-0.2, -0.15) is 13.2 Å². The van der Waals surface area contributed by atoms with E-state index in [0.717, 1.165) is 28.3 Å². The minimum absolute atomic E-state index is 0.403. The zero-order valence-electron chi connectivity index (χ0n) is 18.2. The van der Waals surface area contributed by atoms with Gasteiger partial charge in [-0.3, -0.25) is 0 Å². The molecule has 33 heavy (non-hydrogen) atoms. The molecule has 0 amide bonds. The number of allylic oxidation sites excluding steroid dienone is 1. The molecule has 3 aromatic rings. The lowest BCUT2D eigenvalue weighted by molar-refractivity contribution is -0.137. The first-order valence-electron chi connectivity index (χ1n) is 10.5. The van der Waals surface area contributed by atoms with Gasteiger partial charge < -0.3 is 4.74 Å². The molecule has 0 saturated heterocycles. The fourth-order valence-corrected chi connectivity index (χ4v) is 4.79. The zero-order chi connectivity index (χ0) is 23.5. The third kappa shape index (κ3) is 3.20. The maximum Gasteiger partial charge on any atom is 0.416 e. The maximum absolute atomic E-state index is 13.6. The fourth-order valence-electron chi connectivity index (χ4n) is 4.79. The van der Waals surface area contributed by atoms with Gasteiger partial charge in [-0.1, -0.05) is 50.2 Å². The van der Waals surface area contributed by atoms with Gasteiger partial charge in [-0.05, 0) is 58.2 Å². The van der Waals surface area contributed by atoms with Crippen molar-refractivity contribution >= 4 is 22.9 Å². The number of benzene rings is 3. The quantitative estimate of drug-likeness (QED) is 0.409. The summed E-state index contributed by atoms with van der Waals surface area (Å²) in [5, 5.41) is 0. The van der Waals surface area contributed by atoms with Crippen LogP contribution in [0, 0.1) is 0 Å². The van der Waals surface area contributed by atoms with Crippen molar-refractivity contribution in [1.82, 2.24) is 0 Å². The molecule has 0 saturated carbocycles. The highest BCUT2D eigenvalue weighted by atomic mass is 19.4. The lowest BCUT2D eigenvalue weighted by Crippen LogP contribution is -2.29. The summed E-state index contributed by atoms with van der Waals surface area (Å²) in [4.78, 5) is 17.0. The van der Waals surface area contributed by atoms with E-state index >= 15 is 0 Å². The molecule has 0 radical (unpaired) electrons. The molecule has 166 valence electrons. The molecule has 0 bridgehead atoms. The highest BCUT2D eigenvalue weighted by Gasteiger charge is 2.43. The van der Waals surface area contributed by atoms with Gasteiger partial charge in [-0.25, -0.2) is 9.79 Å². The molecule has 5 rings (SSSR count). The summed E-state index contributed by atoms with van der Waals surface area (Å²) in [6.45, 7) is 4.02. The van der Waals surface area contributed by atoms with Crippen LogP contribution in [0.5, 0.6) is 0 Å². The average molecular weight is 447 g/mol. The van der Waals surface area contributed by atoms with Crippen LogP contribution < -0.4 is 0 Å². The van der Waals surface area contributed by atoms with Gasteiger partial charge in [0.05, 0.1) is 29.6 Å². The summed E-state index contributed by atoms with van der Waals surface area (Å²) < 4.78 is 45.6. The molecule has 3 aromatic carbocycles. The van der Waals surface area contributed by atoms with E-state index in [0.29, 0.717) is 28.1 Å². The number of esters is 1. The summed E-state index contributed by atoms with van der Waals surface area (Å²) in [5.74, 6) is -0.454. The van der Waals surface area contributed by atoms with Gasteiger partial charge >= 0.3 is 12.1 Å². The minimum Gasteiger partial charge on any atom is -0.465 e. The molecular formula is C27H20F3NO2. The average Bonchev–Trinajstić information content (AvgIpc) is 3.13. The standard InChI is InChI=1S/C27H20F3NO2/c1-26(2)20-13-16(25(32)33-3)9-12-21(20)31-24-18-11-10-17(27(28,29)30)14-19(18)22(23(24)26)15-7-5-4-6-8-15/h4-14H,1-3H3. The molecule has 1 heterocycles. The molecule has 6 heteroatoms. The Morgan fingerprint density at radius 1 is 0.939 bits per heavy atom. The highest BCUT2D eigenvalue weighted by molar-refractivity contribution is 6.28. The van der Waals surface area contributed by atoms with E-state index in [1.165, 1.54) is 19.2 Å². The summed E-state index contributed by atoms with van der Waals surface area (Å²) in [5.41, 5.74) is 4.84. The molecule has 2 aliphatic rings. The Bertz CT molecular complexity index is 1370. The van der Waals surface area contributed by atoms with E-state index in [4.69, 9.17) is 9.73 Å². The number of rotatable bonds is 2. The van der Waals surface area contributed by atoms with Gasteiger partial charge in [0.15, 0.2) is 0 Å². The predicted octanol–water partition coefficient (Wildman–Crippen LogP) is 6.72. The Labute approximate surface area is 189 Å².